The largest absolute Gasteiger partial charge is 0.437 e. The molecule has 19 heavy (non-hydrogen) atoms. The van der Waals surface area contributed by atoms with Crippen molar-refractivity contribution in [3.8, 4) is 11.6 Å². The van der Waals surface area contributed by atoms with Crippen LogP contribution in [0.3, 0.4) is 0 Å². The molecule has 0 aliphatic carbocycles. The van der Waals surface area contributed by atoms with Gasteiger partial charge in [0.2, 0.25) is 5.88 Å². The van der Waals surface area contributed by atoms with Crippen molar-refractivity contribution >= 4 is 50.7 Å². The van der Waals surface area contributed by atoms with E-state index >= 15 is 0 Å². The Labute approximate surface area is 133 Å². The van der Waals surface area contributed by atoms with Crippen molar-refractivity contribution in [2.24, 2.45) is 5.73 Å². The first-order valence-electron chi connectivity index (χ1n) is 5.19. The summed E-state index contributed by atoms with van der Waals surface area (Å²) in [5.74, 6) is 0.762. The molecule has 1 aromatic carbocycles. The zero-order valence-corrected chi connectivity index (χ0v) is 13.3. The van der Waals surface area contributed by atoms with Crippen LogP contribution in [0.4, 0.5) is 0 Å². The predicted molar refractivity (Wildman–Crippen MR) is 81.4 cm³/mol. The molecule has 1 heterocycles. The molecule has 3 nitrogen and oxygen atoms in total. The van der Waals surface area contributed by atoms with Crippen molar-refractivity contribution in [2.75, 3.05) is 0 Å². The van der Waals surface area contributed by atoms with Crippen LogP contribution >= 0.6 is 50.7 Å². The Balaban J connectivity index is 2.33. The fraction of sp³-hybridized carbons (Fsp3) is 0.0833. The minimum atomic E-state index is 0.227. The molecule has 0 aliphatic rings. The van der Waals surface area contributed by atoms with Gasteiger partial charge in [-0.05, 0) is 28.1 Å². The number of hydrogen-bond donors (Lipinski definition) is 1. The molecule has 0 bridgehead atoms. The lowest BCUT2D eigenvalue weighted by atomic mass is 10.3. The van der Waals surface area contributed by atoms with Crippen molar-refractivity contribution in [3.05, 3.63) is 49.5 Å². The second-order valence-corrected chi connectivity index (χ2v) is 5.66. The van der Waals surface area contributed by atoms with E-state index in [1.807, 2.05) is 0 Å². The first-order chi connectivity index (χ1) is 9.01. The molecule has 0 unspecified atom stereocenters. The molecule has 100 valence electrons. The molecule has 2 N–H and O–H groups in total. The van der Waals surface area contributed by atoms with Gasteiger partial charge in [0.1, 0.15) is 5.75 Å². The predicted octanol–water partition coefficient (Wildman–Crippen LogP) is 5.06. The fourth-order valence-electron chi connectivity index (χ4n) is 1.36. The van der Waals surface area contributed by atoms with E-state index in [1.165, 1.54) is 0 Å². The maximum absolute atomic E-state index is 6.06. The van der Waals surface area contributed by atoms with E-state index in [1.54, 1.807) is 24.3 Å². The SMILES string of the molecule is NCc1nc(Oc2cc(Cl)c(Br)cc2Cl)ccc1Cl. The van der Waals surface area contributed by atoms with Gasteiger partial charge in [-0.1, -0.05) is 34.8 Å². The quantitative estimate of drug-likeness (QED) is 0.755. The number of hydrogen-bond acceptors (Lipinski definition) is 3. The first kappa shape index (κ1) is 14.9. The summed E-state index contributed by atoms with van der Waals surface area (Å²) in [5, 5.41) is 1.41. The average molecular weight is 382 g/mol. The number of halogens is 4. The Hall–Kier alpha value is -0.520. The topological polar surface area (TPSA) is 48.1 Å². The van der Waals surface area contributed by atoms with Gasteiger partial charge in [-0.25, -0.2) is 4.98 Å². The summed E-state index contributed by atoms with van der Waals surface area (Å²) in [6, 6.07) is 6.56. The molecule has 0 saturated heterocycles. The van der Waals surface area contributed by atoms with Crippen molar-refractivity contribution in [3.63, 3.8) is 0 Å². The summed E-state index contributed by atoms with van der Waals surface area (Å²) in [4.78, 5) is 4.19. The highest BCUT2D eigenvalue weighted by atomic mass is 79.9. The van der Waals surface area contributed by atoms with Crippen LogP contribution < -0.4 is 10.5 Å². The van der Waals surface area contributed by atoms with Gasteiger partial charge in [0.05, 0.1) is 20.8 Å². The highest BCUT2D eigenvalue weighted by Crippen LogP contribution is 2.36. The molecule has 7 heteroatoms. The lowest BCUT2D eigenvalue weighted by molar-refractivity contribution is 0.461. The third-order valence-corrected chi connectivity index (χ3v) is 4.11. The number of nitrogens with two attached hydrogens (primary N) is 1. The summed E-state index contributed by atoms with van der Waals surface area (Å²) >= 11 is 21.3. The number of nitrogens with zero attached hydrogens (tertiary/aromatic N) is 1. The second-order valence-electron chi connectivity index (χ2n) is 3.58. The van der Waals surface area contributed by atoms with Gasteiger partial charge in [0.25, 0.3) is 0 Å². The summed E-state index contributed by atoms with van der Waals surface area (Å²) in [6.07, 6.45) is 0. The molecular weight excluding hydrogens is 374 g/mol. The van der Waals surface area contributed by atoms with E-state index in [9.17, 15) is 0 Å². The van der Waals surface area contributed by atoms with E-state index in [4.69, 9.17) is 45.3 Å². The molecule has 0 atom stereocenters. The molecule has 0 spiro atoms. The molecule has 2 rings (SSSR count). The van der Waals surface area contributed by atoms with Crippen LogP contribution in [0.2, 0.25) is 15.1 Å². The number of ether oxygens (including phenoxy) is 1. The Morgan fingerprint density at radius 3 is 2.53 bits per heavy atom. The summed E-state index contributed by atoms with van der Waals surface area (Å²) in [7, 11) is 0. The Morgan fingerprint density at radius 2 is 1.84 bits per heavy atom. The number of rotatable bonds is 3. The average Bonchev–Trinajstić information content (AvgIpc) is 2.38. The standard InChI is InChI=1S/C12H8BrCl3N2O/c13-6-3-9(16)11(4-8(6)15)19-12-2-1-7(14)10(5-17)18-12/h1-4H,5,17H2. The van der Waals surface area contributed by atoms with Crippen molar-refractivity contribution < 1.29 is 4.74 Å². The van der Waals surface area contributed by atoms with Crippen molar-refractivity contribution in [2.45, 2.75) is 6.54 Å². The summed E-state index contributed by atoms with van der Waals surface area (Å²) in [6.45, 7) is 0.227. The van der Waals surface area contributed by atoms with Gasteiger partial charge < -0.3 is 10.5 Å². The van der Waals surface area contributed by atoms with Crippen LogP contribution in [-0.4, -0.2) is 4.98 Å². The molecular formula is C12H8BrCl3N2O. The van der Waals surface area contributed by atoms with Gasteiger partial charge in [-0.15, -0.1) is 0 Å². The van der Waals surface area contributed by atoms with Gasteiger partial charge in [0, 0.05) is 23.2 Å². The Bertz CT molecular complexity index is 622. The van der Waals surface area contributed by atoms with Crippen molar-refractivity contribution in [1.82, 2.24) is 4.98 Å². The first-order valence-corrected chi connectivity index (χ1v) is 7.12. The smallest absolute Gasteiger partial charge is 0.219 e. The molecule has 0 amide bonds. The van der Waals surface area contributed by atoms with Crippen LogP contribution in [0.1, 0.15) is 5.69 Å². The third-order valence-electron chi connectivity index (χ3n) is 2.28. The summed E-state index contributed by atoms with van der Waals surface area (Å²) < 4.78 is 6.27. The monoisotopic (exact) mass is 380 g/mol. The van der Waals surface area contributed by atoms with Crippen LogP contribution in [0.15, 0.2) is 28.7 Å². The van der Waals surface area contributed by atoms with Gasteiger partial charge in [-0.3, -0.25) is 0 Å². The zero-order chi connectivity index (χ0) is 14.0. The van der Waals surface area contributed by atoms with E-state index < -0.39 is 0 Å². The minimum absolute atomic E-state index is 0.227. The number of aromatic nitrogens is 1. The van der Waals surface area contributed by atoms with Crippen LogP contribution in [0.25, 0.3) is 0 Å². The molecule has 0 aliphatic heterocycles. The lowest BCUT2D eigenvalue weighted by Crippen LogP contribution is -2.01. The maximum atomic E-state index is 6.06. The highest BCUT2D eigenvalue weighted by Gasteiger charge is 2.10. The lowest BCUT2D eigenvalue weighted by Gasteiger charge is -2.09. The van der Waals surface area contributed by atoms with Gasteiger partial charge >= 0.3 is 0 Å². The van der Waals surface area contributed by atoms with E-state index in [2.05, 4.69) is 20.9 Å². The second kappa shape index (κ2) is 6.29. The fourth-order valence-corrected chi connectivity index (χ4v) is 2.37. The van der Waals surface area contributed by atoms with Gasteiger partial charge in [-0.2, -0.15) is 0 Å². The zero-order valence-electron chi connectivity index (χ0n) is 9.46. The molecule has 0 fully saturated rings. The van der Waals surface area contributed by atoms with Gasteiger partial charge in [0.15, 0.2) is 0 Å². The number of pyridine rings is 1. The normalized spacial score (nSPS) is 10.6. The van der Waals surface area contributed by atoms with E-state index in [-0.39, 0.29) is 6.54 Å². The van der Waals surface area contributed by atoms with Crippen LogP contribution in [0.5, 0.6) is 11.6 Å². The Morgan fingerprint density at radius 1 is 1.11 bits per heavy atom. The molecule has 2 aromatic rings. The molecule has 0 saturated carbocycles. The van der Waals surface area contributed by atoms with E-state index in [0.717, 1.165) is 0 Å². The maximum Gasteiger partial charge on any atom is 0.219 e. The van der Waals surface area contributed by atoms with Crippen molar-refractivity contribution in [1.29, 1.82) is 0 Å². The third kappa shape index (κ3) is 3.52. The summed E-state index contributed by atoms with van der Waals surface area (Å²) in [5.41, 5.74) is 6.09. The minimum Gasteiger partial charge on any atom is -0.437 e. The number of benzene rings is 1. The van der Waals surface area contributed by atoms with Crippen LogP contribution in [0, 0.1) is 0 Å². The highest BCUT2D eigenvalue weighted by molar-refractivity contribution is 9.10. The van der Waals surface area contributed by atoms with Crippen LogP contribution in [-0.2, 0) is 6.54 Å². The molecule has 1 aromatic heterocycles. The van der Waals surface area contributed by atoms with E-state index in [0.29, 0.717) is 36.9 Å². The molecule has 0 radical (unpaired) electrons. The Kier molecular flexibility index (Phi) is 4.92.